The monoisotopic (exact) mass is 335 g/mol. The summed E-state index contributed by atoms with van der Waals surface area (Å²) in [7, 11) is 0. The summed E-state index contributed by atoms with van der Waals surface area (Å²) in [5, 5.41) is 2.55. The Labute approximate surface area is 141 Å². The lowest BCUT2D eigenvalue weighted by Gasteiger charge is -2.25. The summed E-state index contributed by atoms with van der Waals surface area (Å²) >= 11 is 0. The third kappa shape index (κ3) is 7.23. The molecule has 1 rings (SSSR count). The summed E-state index contributed by atoms with van der Waals surface area (Å²) in [6.45, 7) is 5.22. The number of nitrogens with one attached hydrogen (secondary N) is 1. The van der Waals surface area contributed by atoms with Crippen molar-refractivity contribution < 1.29 is 19.1 Å². The average Bonchev–Trinajstić information content (AvgIpc) is 2.45. The summed E-state index contributed by atoms with van der Waals surface area (Å²) < 4.78 is 5.35. The molecule has 5 N–H and O–H groups in total. The van der Waals surface area contributed by atoms with Crippen molar-refractivity contribution in [1.82, 2.24) is 5.32 Å². The Morgan fingerprint density at radius 2 is 1.75 bits per heavy atom. The van der Waals surface area contributed by atoms with E-state index in [1.165, 1.54) is 0 Å². The first-order chi connectivity index (χ1) is 11.1. The second kappa shape index (κ2) is 8.44. The van der Waals surface area contributed by atoms with Gasteiger partial charge in [0.15, 0.2) is 0 Å². The van der Waals surface area contributed by atoms with Gasteiger partial charge in [-0.1, -0.05) is 30.3 Å². The van der Waals surface area contributed by atoms with E-state index < -0.39 is 35.5 Å². The Morgan fingerprint density at radius 3 is 2.25 bits per heavy atom. The molecule has 0 saturated carbocycles. The van der Waals surface area contributed by atoms with Crippen LogP contribution in [0.4, 0.5) is 0 Å². The van der Waals surface area contributed by atoms with Gasteiger partial charge >= 0.3 is 5.97 Å². The first-order valence-electron chi connectivity index (χ1n) is 7.69. The van der Waals surface area contributed by atoms with Crippen molar-refractivity contribution in [2.75, 3.05) is 0 Å². The predicted molar refractivity (Wildman–Crippen MR) is 89.7 cm³/mol. The topological polar surface area (TPSA) is 125 Å². The molecule has 2 atom stereocenters. The van der Waals surface area contributed by atoms with Gasteiger partial charge in [-0.25, -0.2) is 4.79 Å². The molecule has 0 saturated heterocycles. The number of primary amides is 1. The number of hydrogen-bond acceptors (Lipinski definition) is 5. The lowest BCUT2D eigenvalue weighted by Crippen LogP contribution is -2.51. The van der Waals surface area contributed by atoms with E-state index in [4.69, 9.17) is 16.2 Å². The van der Waals surface area contributed by atoms with Crippen molar-refractivity contribution >= 4 is 17.8 Å². The smallest absolute Gasteiger partial charge is 0.329 e. The Hall–Kier alpha value is -2.41. The number of nitrogens with two attached hydrogens (primary N) is 2. The van der Waals surface area contributed by atoms with Gasteiger partial charge in [-0.15, -0.1) is 0 Å². The highest BCUT2D eigenvalue weighted by Gasteiger charge is 2.28. The number of ether oxygens (including phenoxy) is 1. The van der Waals surface area contributed by atoms with Crippen LogP contribution in [0.25, 0.3) is 0 Å². The molecule has 2 amide bonds. The lowest BCUT2D eigenvalue weighted by atomic mass is 10.0. The maximum absolute atomic E-state index is 12.4. The van der Waals surface area contributed by atoms with Crippen molar-refractivity contribution in [2.45, 2.75) is 51.3 Å². The number of amides is 2. The molecular formula is C17H25N3O4. The highest BCUT2D eigenvalue weighted by Crippen LogP contribution is 2.11. The molecule has 1 aromatic carbocycles. The highest BCUT2D eigenvalue weighted by atomic mass is 16.6. The summed E-state index contributed by atoms with van der Waals surface area (Å²) in [5.74, 6) is -1.87. The zero-order valence-electron chi connectivity index (χ0n) is 14.2. The molecule has 0 bridgehead atoms. The zero-order chi connectivity index (χ0) is 18.3. The van der Waals surface area contributed by atoms with Crippen LogP contribution in [0.2, 0.25) is 0 Å². The van der Waals surface area contributed by atoms with Crippen LogP contribution in [0.15, 0.2) is 30.3 Å². The van der Waals surface area contributed by atoms with E-state index in [0.717, 1.165) is 5.56 Å². The minimum Gasteiger partial charge on any atom is -0.458 e. The highest BCUT2D eigenvalue weighted by molar-refractivity contribution is 5.90. The SMILES string of the molecule is CC(C)(C)OC(=O)[C@@H](Cc1ccccc1)NC(=O)[C@@H](N)CC(N)=O. The van der Waals surface area contributed by atoms with Crippen LogP contribution in [0.1, 0.15) is 32.8 Å². The van der Waals surface area contributed by atoms with Gasteiger partial charge in [0.25, 0.3) is 0 Å². The minimum atomic E-state index is -1.11. The molecule has 1 aromatic rings. The van der Waals surface area contributed by atoms with Gasteiger partial charge in [0, 0.05) is 6.42 Å². The van der Waals surface area contributed by atoms with E-state index in [9.17, 15) is 14.4 Å². The van der Waals surface area contributed by atoms with Gasteiger partial charge in [0.1, 0.15) is 11.6 Å². The zero-order valence-corrected chi connectivity index (χ0v) is 14.2. The Bertz CT molecular complexity index is 581. The number of esters is 1. The van der Waals surface area contributed by atoms with E-state index >= 15 is 0 Å². The van der Waals surface area contributed by atoms with E-state index in [2.05, 4.69) is 5.32 Å². The summed E-state index contributed by atoms with van der Waals surface area (Å²) in [6.07, 6.45) is -0.0387. The van der Waals surface area contributed by atoms with Crippen LogP contribution < -0.4 is 16.8 Å². The largest absolute Gasteiger partial charge is 0.458 e. The summed E-state index contributed by atoms with van der Waals surface area (Å²) in [4.78, 5) is 35.4. The predicted octanol–water partition coefficient (Wildman–Crippen LogP) is 0.258. The molecule has 0 aliphatic carbocycles. The van der Waals surface area contributed by atoms with E-state index in [1.807, 2.05) is 30.3 Å². The van der Waals surface area contributed by atoms with Gasteiger partial charge < -0.3 is 21.5 Å². The van der Waals surface area contributed by atoms with Crippen molar-refractivity contribution in [1.29, 1.82) is 0 Å². The quantitative estimate of drug-likeness (QED) is 0.616. The molecular weight excluding hydrogens is 310 g/mol. The number of carbonyl (C=O) groups is 3. The van der Waals surface area contributed by atoms with E-state index in [1.54, 1.807) is 20.8 Å². The molecule has 132 valence electrons. The van der Waals surface area contributed by atoms with Crippen molar-refractivity contribution in [3.63, 3.8) is 0 Å². The van der Waals surface area contributed by atoms with Crippen LogP contribution in [-0.2, 0) is 25.5 Å². The molecule has 0 aliphatic rings. The first kappa shape index (κ1) is 19.6. The average molecular weight is 335 g/mol. The summed E-state index contributed by atoms with van der Waals surface area (Å²) in [5.41, 5.74) is 10.8. The maximum atomic E-state index is 12.4. The normalized spacial score (nSPS) is 13.7. The standard InChI is InChI=1S/C17H25N3O4/c1-17(2,3)24-16(23)13(9-11-7-5-4-6-8-11)20-15(22)12(18)10-14(19)21/h4-8,12-13H,9-10,18H2,1-3H3,(H2,19,21)(H,20,22)/t12-,13+/m0/s1. The maximum Gasteiger partial charge on any atom is 0.329 e. The Kier molecular flexibility index (Phi) is 6.91. The molecule has 0 aromatic heterocycles. The van der Waals surface area contributed by atoms with Crippen molar-refractivity contribution in [3.05, 3.63) is 35.9 Å². The first-order valence-corrected chi connectivity index (χ1v) is 7.69. The lowest BCUT2D eigenvalue weighted by molar-refractivity contribution is -0.158. The van der Waals surface area contributed by atoms with Crippen molar-refractivity contribution in [3.8, 4) is 0 Å². The fraction of sp³-hybridized carbons (Fsp3) is 0.471. The van der Waals surface area contributed by atoms with Crippen LogP contribution in [0, 0.1) is 0 Å². The molecule has 0 radical (unpaired) electrons. The van der Waals surface area contributed by atoms with E-state index in [-0.39, 0.29) is 12.8 Å². The molecule has 0 fully saturated rings. The minimum absolute atomic E-state index is 0.255. The fourth-order valence-electron chi connectivity index (χ4n) is 2.00. The molecule has 24 heavy (non-hydrogen) atoms. The summed E-state index contributed by atoms with van der Waals surface area (Å²) in [6, 6.07) is 7.19. The fourth-order valence-corrected chi connectivity index (χ4v) is 2.00. The number of benzene rings is 1. The molecule has 0 unspecified atom stereocenters. The van der Waals surface area contributed by atoms with Gasteiger partial charge in [0.2, 0.25) is 11.8 Å². The van der Waals surface area contributed by atoms with Crippen LogP contribution in [-0.4, -0.2) is 35.5 Å². The van der Waals surface area contributed by atoms with Gasteiger partial charge in [-0.2, -0.15) is 0 Å². The van der Waals surface area contributed by atoms with Gasteiger partial charge in [0.05, 0.1) is 12.5 Å². The molecule has 7 nitrogen and oxygen atoms in total. The van der Waals surface area contributed by atoms with Crippen LogP contribution >= 0.6 is 0 Å². The van der Waals surface area contributed by atoms with Crippen molar-refractivity contribution in [2.24, 2.45) is 11.5 Å². The molecule has 0 aliphatic heterocycles. The third-order valence-corrected chi connectivity index (χ3v) is 3.05. The van der Waals surface area contributed by atoms with Crippen LogP contribution in [0.3, 0.4) is 0 Å². The number of hydrogen-bond donors (Lipinski definition) is 3. The Morgan fingerprint density at radius 1 is 1.17 bits per heavy atom. The molecule has 7 heteroatoms. The molecule has 0 heterocycles. The van der Waals surface area contributed by atoms with Gasteiger partial charge in [-0.3, -0.25) is 9.59 Å². The third-order valence-electron chi connectivity index (χ3n) is 3.05. The van der Waals surface area contributed by atoms with Crippen LogP contribution in [0.5, 0.6) is 0 Å². The Balaban J connectivity index is 2.86. The second-order valence-corrected chi connectivity index (χ2v) is 6.56. The molecule has 0 spiro atoms. The second-order valence-electron chi connectivity index (χ2n) is 6.56. The van der Waals surface area contributed by atoms with E-state index in [0.29, 0.717) is 0 Å². The van der Waals surface area contributed by atoms with Gasteiger partial charge in [-0.05, 0) is 26.3 Å². The number of carbonyl (C=O) groups excluding carboxylic acids is 3. The number of rotatable bonds is 7.